The molecule has 0 nitrogen and oxygen atoms in total. The minimum atomic E-state index is 0.429. The van der Waals surface area contributed by atoms with E-state index in [9.17, 15) is 0 Å². The molecule has 0 aliphatic heterocycles. The van der Waals surface area contributed by atoms with Crippen molar-refractivity contribution in [2.24, 2.45) is 44.3 Å². The Morgan fingerprint density at radius 2 is 0.483 bits per heavy atom. The molecule has 0 heterocycles. The summed E-state index contributed by atoms with van der Waals surface area (Å²) in [5.74, 6) is 1.67. The van der Waals surface area contributed by atoms with Gasteiger partial charge >= 0.3 is 0 Å². The number of rotatable bonds is 22. The molecule has 0 rings (SSSR count). The van der Waals surface area contributed by atoms with Crippen molar-refractivity contribution in [1.82, 2.24) is 0 Å². The Morgan fingerprint density at radius 1 is 0.293 bits per heavy atom. The first kappa shape index (κ1) is 81.8. The maximum atomic E-state index is 2.61. The molecular formula is C58H136. The monoisotopic (exact) mass is 833 g/mol. The lowest BCUT2D eigenvalue weighted by atomic mass is 9.48. The van der Waals surface area contributed by atoms with Gasteiger partial charge in [-0.2, -0.15) is 0 Å². The lowest BCUT2D eigenvalue weighted by molar-refractivity contribution is -0.0704. The minimum Gasteiger partial charge on any atom is -0.0683 e. The third-order valence-corrected chi connectivity index (χ3v) is 13.5. The van der Waals surface area contributed by atoms with Gasteiger partial charge in [0.05, 0.1) is 0 Å². The molecule has 0 bridgehead atoms. The van der Waals surface area contributed by atoms with Crippen LogP contribution in [0.15, 0.2) is 0 Å². The van der Waals surface area contributed by atoms with Crippen molar-refractivity contribution in [3.8, 4) is 0 Å². The largest absolute Gasteiger partial charge is 0.0683 e. The van der Waals surface area contributed by atoms with Crippen LogP contribution in [0.2, 0.25) is 0 Å². The molecule has 58 heavy (non-hydrogen) atoms. The van der Waals surface area contributed by atoms with E-state index in [1.54, 1.807) is 0 Å². The first-order chi connectivity index (χ1) is 27.2. The quantitative estimate of drug-likeness (QED) is 0.102. The fraction of sp³-hybridized carbons (Fsp3) is 1.00. The highest BCUT2D eigenvalue weighted by Crippen LogP contribution is 2.61. The second-order valence-corrected chi connectivity index (χ2v) is 17.8. The minimum absolute atomic E-state index is 0.429. The van der Waals surface area contributed by atoms with Crippen LogP contribution < -0.4 is 0 Å². The van der Waals surface area contributed by atoms with E-state index >= 15 is 0 Å². The molecule has 0 aromatic carbocycles. The Hall–Kier alpha value is 0. The molecule has 0 aliphatic carbocycles. The fourth-order valence-electron chi connectivity index (χ4n) is 9.23. The molecule has 0 saturated carbocycles. The Morgan fingerprint density at radius 3 is 0.621 bits per heavy atom. The van der Waals surface area contributed by atoms with Crippen LogP contribution >= 0.6 is 0 Å². The van der Waals surface area contributed by atoms with E-state index in [0.717, 1.165) is 11.8 Å². The van der Waals surface area contributed by atoms with Crippen LogP contribution in [0.5, 0.6) is 0 Å². The van der Waals surface area contributed by atoms with E-state index in [2.05, 4.69) is 125 Å². The van der Waals surface area contributed by atoms with Gasteiger partial charge in [0, 0.05) is 0 Å². The molecule has 0 aromatic heterocycles. The van der Waals surface area contributed by atoms with Crippen LogP contribution in [0.4, 0.5) is 0 Å². The van der Waals surface area contributed by atoms with E-state index in [0.29, 0.717) is 32.5 Å². The molecule has 0 fully saturated rings. The Kier molecular flexibility index (Phi) is 74.9. The van der Waals surface area contributed by atoms with Gasteiger partial charge in [-0.25, -0.2) is 0 Å². The van der Waals surface area contributed by atoms with Crippen molar-refractivity contribution >= 4 is 0 Å². The summed E-state index contributed by atoms with van der Waals surface area (Å²) in [6.07, 6.45) is 21.6. The number of hydrogen-bond acceptors (Lipinski definition) is 0. The predicted molar refractivity (Wildman–Crippen MR) is 288 cm³/mol. The van der Waals surface area contributed by atoms with Gasteiger partial charge < -0.3 is 0 Å². The lowest BCUT2D eigenvalue weighted by Crippen LogP contribution is -2.48. The highest BCUT2D eigenvalue weighted by atomic mass is 14.6. The van der Waals surface area contributed by atoms with Crippen molar-refractivity contribution in [2.75, 3.05) is 0 Å². The first-order valence-corrected chi connectivity index (χ1v) is 27.2. The van der Waals surface area contributed by atoms with Gasteiger partial charge in [-0.3, -0.25) is 0 Å². The van der Waals surface area contributed by atoms with E-state index in [-0.39, 0.29) is 0 Å². The van der Waals surface area contributed by atoms with E-state index < -0.39 is 0 Å². The molecule has 4 unspecified atom stereocenters. The molecule has 0 amide bonds. The average molecular weight is 834 g/mol. The van der Waals surface area contributed by atoms with E-state index in [1.165, 1.54) is 103 Å². The second-order valence-electron chi connectivity index (χ2n) is 17.8. The average Bonchev–Trinajstić information content (AvgIpc) is 3.23. The van der Waals surface area contributed by atoms with Gasteiger partial charge in [-0.05, 0) is 82.9 Å². The van der Waals surface area contributed by atoms with Crippen molar-refractivity contribution in [2.45, 2.75) is 338 Å². The summed E-state index contributed by atoms with van der Waals surface area (Å²) in [4.78, 5) is 0. The number of hydrogen-bond donors (Lipinski definition) is 0. The molecule has 368 valence electrons. The Balaban J connectivity index is -0.0000000734. The summed E-state index contributed by atoms with van der Waals surface area (Å²) in [7, 11) is 0. The third kappa shape index (κ3) is 32.7. The molecule has 0 saturated heterocycles. The molecule has 4 atom stereocenters. The van der Waals surface area contributed by atoms with Crippen LogP contribution in [0.25, 0.3) is 0 Å². The summed E-state index contributed by atoms with van der Waals surface area (Å²) in [6.45, 7) is 76.2. The molecular weight excluding hydrogens is 697 g/mol. The van der Waals surface area contributed by atoms with Gasteiger partial charge in [0.15, 0.2) is 0 Å². The normalized spacial score (nSPS) is 14.3. The lowest BCUT2D eigenvalue weighted by Gasteiger charge is -2.56. The molecule has 0 spiro atoms. The van der Waals surface area contributed by atoms with Gasteiger partial charge in [-0.15, -0.1) is 0 Å². The van der Waals surface area contributed by atoms with Gasteiger partial charge in [0.25, 0.3) is 0 Å². The second kappa shape index (κ2) is 53.1. The van der Waals surface area contributed by atoms with Gasteiger partial charge in [0.1, 0.15) is 0 Å². The topological polar surface area (TPSA) is 0 Å². The van der Waals surface area contributed by atoms with Crippen molar-refractivity contribution in [1.29, 1.82) is 0 Å². The SMILES string of the molecule is CC.CC.CC.CC.CC.CC.CC.CC.CCCC(C)(C)C(C)(CCCC(C)C)C(C)(CC)CCC.CCCC(C)(C)C(C)(CCCC(C)C)C(C)(CC)CCC. The molecule has 0 aliphatic rings. The maximum Gasteiger partial charge on any atom is -0.0221 e. The zero-order valence-electron chi connectivity index (χ0n) is 49.5. The van der Waals surface area contributed by atoms with Crippen molar-refractivity contribution in [3.63, 3.8) is 0 Å². The van der Waals surface area contributed by atoms with Crippen molar-refractivity contribution < 1.29 is 0 Å². The van der Waals surface area contributed by atoms with Crippen LogP contribution in [-0.2, 0) is 0 Å². The fourth-order valence-corrected chi connectivity index (χ4v) is 9.23. The third-order valence-electron chi connectivity index (χ3n) is 13.5. The van der Waals surface area contributed by atoms with Crippen molar-refractivity contribution in [3.05, 3.63) is 0 Å². The predicted octanol–water partition coefficient (Wildman–Crippen LogP) is 23.9. The molecule has 0 heteroatoms. The molecule has 0 radical (unpaired) electrons. The van der Waals surface area contributed by atoms with E-state index in [1.807, 2.05) is 111 Å². The highest BCUT2D eigenvalue weighted by Gasteiger charge is 2.52. The molecule has 0 aromatic rings. The summed E-state index contributed by atoms with van der Waals surface area (Å²) < 4.78 is 0. The summed E-state index contributed by atoms with van der Waals surface area (Å²) in [5.41, 5.74) is 2.68. The van der Waals surface area contributed by atoms with Crippen LogP contribution in [-0.4, -0.2) is 0 Å². The Bertz CT molecular complexity index is 610. The van der Waals surface area contributed by atoms with Gasteiger partial charge in [-0.1, -0.05) is 300 Å². The smallest absolute Gasteiger partial charge is 0.0221 e. The maximum absolute atomic E-state index is 2.61. The summed E-state index contributed by atoms with van der Waals surface area (Å²) in [5, 5.41) is 0. The highest BCUT2D eigenvalue weighted by molar-refractivity contribution is 5.01. The first-order valence-electron chi connectivity index (χ1n) is 27.2. The van der Waals surface area contributed by atoms with Crippen LogP contribution in [0, 0.1) is 44.3 Å². The van der Waals surface area contributed by atoms with Crippen LogP contribution in [0.1, 0.15) is 338 Å². The van der Waals surface area contributed by atoms with E-state index in [4.69, 9.17) is 0 Å². The summed E-state index contributed by atoms with van der Waals surface area (Å²) >= 11 is 0. The Labute approximate surface area is 381 Å². The zero-order valence-corrected chi connectivity index (χ0v) is 49.5. The zero-order chi connectivity index (χ0) is 49.5. The standard InChI is InChI=1S/2C21H44.8C2H6/c2*1-10-15-19(6,7)21(9,17-13-14-18(4)5)20(8,12-3)16-11-2;8*1-2/h2*18H,10-17H2,1-9H3;8*1-2H3. The van der Waals surface area contributed by atoms with Gasteiger partial charge in [0.2, 0.25) is 0 Å². The molecule has 0 N–H and O–H groups in total. The summed E-state index contributed by atoms with van der Waals surface area (Å²) in [6, 6.07) is 0. The van der Waals surface area contributed by atoms with Crippen LogP contribution in [0.3, 0.4) is 0 Å².